The lowest BCUT2D eigenvalue weighted by Crippen LogP contribution is -2.48. The Balaban J connectivity index is 1.32. The molecule has 1 saturated heterocycles. The molecule has 0 unspecified atom stereocenters. The van der Waals surface area contributed by atoms with Gasteiger partial charge in [-0.2, -0.15) is 0 Å². The lowest BCUT2D eigenvalue weighted by molar-refractivity contribution is 0.0357. The number of para-hydroxylation sites is 1. The molecular weight excluding hydrogens is 484 g/mol. The molecule has 0 aliphatic carbocycles. The van der Waals surface area contributed by atoms with Gasteiger partial charge in [-0.05, 0) is 72.9 Å². The quantitative estimate of drug-likeness (QED) is 0.448. The molecule has 2 aliphatic rings. The second-order valence-corrected chi connectivity index (χ2v) is 10.8. The van der Waals surface area contributed by atoms with Crippen LogP contribution in [0.2, 0.25) is 5.02 Å². The average molecular weight is 519 g/mol. The lowest BCUT2D eigenvalue weighted by Gasteiger charge is -2.45. The standard InChI is InChI=1S/C30H35ClN4O2/c31-26-10-11-27(33-21-26)29(36)35-16-13-30(14-17-35)12-4-3-8-25-7-1-2-9-28(25)37-19-18-34(23-30)22-24-6-5-15-32-20-24/h1-2,5-7,9-11,15,20-21H,3-4,8,12-14,16-19,22-23H2. The minimum absolute atomic E-state index is 0.00288. The molecule has 7 heteroatoms. The predicted octanol–water partition coefficient (Wildman–Crippen LogP) is 5.66. The summed E-state index contributed by atoms with van der Waals surface area (Å²) in [6.07, 6.45) is 11.8. The van der Waals surface area contributed by atoms with Crippen LogP contribution in [0, 0.1) is 5.41 Å². The highest BCUT2D eigenvalue weighted by atomic mass is 35.5. The molecule has 4 heterocycles. The van der Waals surface area contributed by atoms with E-state index in [1.165, 1.54) is 24.0 Å². The number of pyridine rings is 2. The molecule has 1 spiro atoms. The Hall–Kier alpha value is -2.96. The Morgan fingerprint density at radius 2 is 1.84 bits per heavy atom. The number of ether oxygens (including phenoxy) is 1. The van der Waals surface area contributed by atoms with Gasteiger partial charge in [-0.25, -0.2) is 4.98 Å². The highest BCUT2D eigenvalue weighted by molar-refractivity contribution is 6.30. The summed E-state index contributed by atoms with van der Waals surface area (Å²) in [6, 6.07) is 16.1. The SMILES string of the molecule is O=C(c1ccc(Cl)cn1)N1CCC2(CCCCc3ccccc3OCCN(Cc3cccnc3)C2)CC1. The van der Waals surface area contributed by atoms with E-state index in [2.05, 4.69) is 45.2 Å². The molecule has 2 aromatic heterocycles. The number of fused-ring (bicyclic) bond motifs is 1. The van der Waals surface area contributed by atoms with Gasteiger partial charge in [-0.1, -0.05) is 42.3 Å². The second-order valence-electron chi connectivity index (χ2n) is 10.4. The third-order valence-corrected chi connectivity index (χ3v) is 8.01. The Kier molecular flexibility index (Phi) is 8.37. The first-order chi connectivity index (χ1) is 18.1. The van der Waals surface area contributed by atoms with Crippen molar-refractivity contribution in [3.05, 3.63) is 89.0 Å². The van der Waals surface area contributed by atoms with E-state index in [0.29, 0.717) is 17.3 Å². The van der Waals surface area contributed by atoms with E-state index in [1.54, 1.807) is 18.3 Å². The zero-order valence-electron chi connectivity index (χ0n) is 21.3. The number of benzene rings is 1. The molecule has 1 fully saturated rings. The van der Waals surface area contributed by atoms with Crippen molar-refractivity contribution in [2.75, 3.05) is 32.8 Å². The van der Waals surface area contributed by atoms with Crippen LogP contribution in [0.15, 0.2) is 67.1 Å². The van der Waals surface area contributed by atoms with E-state index >= 15 is 0 Å². The Bertz CT molecular complexity index is 1160. The number of likely N-dealkylation sites (tertiary alicyclic amines) is 1. The summed E-state index contributed by atoms with van der Waals surface area (Å²) in [5.41, 5.74) is 3.15. The van der Waals surface area contributed by atoms with Gasteiger partial charge in [-0.15, -0.1) is 0 Å². The Morgan fingerprint density at radius 3 is 2.62 bits per heavy atom. The molecule has 0 N–H and O–H groups in total. The molecule has 2 aliphatic heterocycles. The van der Waals surface area contributed by atoms with Gasteiger partial charge in [0.05, 0.1) is 5.02 Å². The number of piperidine rings is 1. The van der Waals surface area contributed by atoms with Gasteiger partial charge in [0.15, 0.2) is 0 Å². The van der Waals surface area contributed by atoms with Gasteiger partial charge in [-0.3, -0.25) is 14.7 Å². The summed E-state index contributed by atoms with van der Waals surface area (Å²) in [4.78, 5) is 26.2. The van der Waals surface area contributed by atoms with Crippen LogP contribution >= 0.6 is 11.6 Å². The Morgan fingerprint density at radius 1 is 0.973 bits per heavy atom. The first kappa shape index (κ1) is 25.7. The minimum atomic E-state index is -0.00288. The molecule has 5 rings (SSSR count). The fourth-order valence-corrected chi connectivity index (χ4v) is 5.84. The average Bonchev–Trinajstić information content (AvgIpc) is 2.92. The normalized spacial score (nSPS) is 18.8. The highest BCUT2D eigenvalue weighted by Crippen LogP contribution is 2.39. The molecule has 37 heavy (non-hydrogen) atoms. The van der Waals surface area contributed by atoms with Gasteiger partial charge in [0.2, 0.25) is 0 Å². The predicted molar refractivity (Wildman–Crippen MR) is 146 cm³/mol. The van der Waals surface area contributed by atoms with Crippen molar-refractivity contribution in [1.82, 2.24) is 19.8 Å². The molecule has 6 nitrogen and oxygen atoms in total. The van der Waals surface area contributed by atoms with Crippen LogP contribution in [0.5, 0.6) is 5.75 Å². The summed E-state index contributed by atoms with van der Waals surface area (Å²) < 4.78 is 6.28. The number of hydrogen-bond donors (Lipinski definition) is 0. The van der Waals surface area contributed by atoms with Crippen LogP contribution in [0.4, 0.5) is 0 Å². The van der Waals surface area contributed by atoms with Crippen molar-refractivity contribution in [3.63, 3.8) is 0 Å². The van der Waals surface area contributed by atoms with Crippen LogP contribution in [0.3, 0.4) is 0 Å². The molecule has 0 atom stereocenters. The van der Waals surface area contributed by atoms with Crippen molar-refractivity contribution < 1.29 is 9.53 Å². The zero-order valence-corrected chi connectivity index (χ0v) is 22.1. The highest BCUT2D eigenvalue weighted by Gasteiger charge is 2.37. The molecule has 1 amide bonds. The summed E-state index contributed by atoms with van der Waals surface area (Å²) in [5, 5.41) is 0.544. The molecular formula is C30H35ClN4O2. The minimum Gasteiger partial charge on any atom is -0.492 e. The maximum absolute atomic E-state index is 13.1. The molecule has 0 bridgehead atoms. The number of aryl methyl sites for hydroxylation is 1. The van der Waals surface area contributed by atoms with Crippen LogP contribution in [-0.4, -0.2) is 58.5 Å². The van der Waals surface area contributed by atoms with E-state index in [0.717, 1.165) is 64.2 Å². The number of aromatic nitrogens is 2. The van der Waals surface area contributed by atoms with Crippen LogP contribution < -0.4 is 4.74 Å². The topological polar surface area (TPSA) is 58.6 Å². The fraction of sp³-hybridized carbons (Fsp3) is 0.433. The molecule has 3 aromatic rings. The lowest BCUT2D eigenvalue weighted by atomic mass is 9.73. The third kappa shape index (κ3) is 6.68. The smallest absolute Gasteiger partial charge is 0.272 e. The number of hydrogen-bond acceptors (Lipinski definition) is 5. The van der Waals surface area contributed by atoms with E-state index in [9.17, 15) is 4.79 Å². The number of halogens is 1. The molecule has 0 radical (unpaired) electrons. The number of amides is 1. The second kappa shape index (κ2) is 12.1. The van der Waals surface area contributed by atoms with Crippen molar-refractivity contribution in [3.8, 4) is 5.75 Å². The van der Waals surface area contributed by atoms with Crippen LogP contribution in [0.1, 0.15) is 53.7 Å². The molecule has 1 aromatic carbocycles. The van der Waals surface area contributed by atoms with E-state index < -0.39 is 0 Å². The third-order valence-electron chi connectivity index (χ3n) is 7.79. The van der Waals surface area contributed by atoms with E-state index in [1.807, 2.05) is 23.4 Å². The Labute approximate surface area is 224 Å². The first-order valence-electron chi connectivity index (χ1n) is 13.3. The largest absolute Gasteiger partial charge is 0.492 e. The number of rotatable bonds is 3. The van der Waals surface area contributed by atoms with Gasteiger partial charge in [0.25, 0.3) is 5.91 Å². The summed E-state index contributed by atoms with van der Waals surface area (Å²) in [6.45, 7) is 4.85. The first-order valence-corrected chi connectivity index (χ1v) is 13.7. The molecule has 0 saturated carbocycles. The van der Waals surface area contributed by atoms with Crippen molar-refractivity contribution in [2.24, 2.45) is 5.41 Å². The zero-order chi connectivity index (χ0) is 25.5. The number of carbonyl (C=O) groups excluding carboxylic acids is 1. The van der Waals surface area contributed by atoms with E-state index in [-0.39, 0.29) is 11.3 Å². The van der Waals surface area contributed by atoms with Crippen LogP contribution in [0.25, 0.3) is 0 Å². The van der Waals surface area contributed by atoms with Crippen molar-refractivity contribution in [2.45, 2.75) is 45.1 Å². The van der Waals surface area contributed by atoms with Gasteiger partial charge >= 0.3 is 0 Å². The molecule has 194 valence electrons. The van der Waals surface area contributed by atoms with Crippen LogP contribution in [-0.2, 0) is 13.0 Å². The van der Waals surface area contributed by atoms with Crippen molar-refractivity contribution >= 4 is 17.5 Å². The van der Waals surface area contributed by atoms with Gasteiger partial charge in [0, 0.05) is 51.3 Å². The van der Waals surface area contributed by atoms with Crippen molar-refractivity contribution in [1.29, 1.82) is 0 Å². The number of carbonyl (C=O) groups is 1. The maximum atomic E-state index is 13.1. The van der Waals surface area contributed by atoms with Gasteiger partial charge in [0.1, 0.15) is 18.1 Å². The number of nitrogens with zero attached hydrogens (tertiary/aromatic N) is 4. The summed E-state index contributed by atoms with van der Waals surface area (Å²) in [7, 11) is 0. The summed E-state index contributed by atoms with van der Waals surface area (Å²) in [5.74, 6) is 1.01. The maximum Gasteiger partial charge on any atom is 0.272 e. The summed E-state index contributed by atoms with van der Waals surface area (Å²) >= 11 is 5.97. The monoisotopic (exact) mass is 518 g/mol. The fourth-order valence-electron chi connectivity index (χ4n) is 5.73. The van der Waals surface area contributed by atoms with Gasteiger partial charge < -0.3 is 9.64 Å². The van der Waals surface area contributed by atoms with E-state index in [4.69, 9.17) is 16.3 Å².